The average Bonchev–Trinajstić information content (AvgIpc) is 2.38. The van der Waals surface area contributed by atoms with E-state index in [2.05, 4.69) is 29.0 Å². The number of carbonyl (C=O) groups excluding carboxylic acids is 1. The van der Waals surface area contributed by atoms with E-state index in [1.165, 1.54) is 19.3 Å². The van der Waals surface area contributed by atoms with Crippen LogP contribution < -0.4 is 5.32 Å². The summed E-state index contributed by atoms with van der Waals surface area (Å²) in [5.41, 5.74) is 0. The molecular formula is C14H28ClN3O. The Labute approximate surface area is 123 Å². The minimum atomic E-state index is 0. The van der Waals surface area contributed by atoms with Crippen molar-refractivity contribution in [1.29, 1.82) is 0 Å². The van der Waals surface area contributed by atoms with Crippen LogP contribution in [0.5, 0.6) is 0 Å². The van der Waals surface area contributed by atoms with Crippen molar-refractivity contribution >= 4 is 18.3 Å². The monoisotopic (exact) mass is 289 g/mol. The molecule has 2 heterocycles. The van der Waals surface area contributed by atoms with E-state index in [-0.39, 0.29) is 12.4 Å². The van der Waals surface area contributed by atoms with Gasteiger partial charge in [-0.25, -0.2) is 0 Å². The summed E-state index contributed by atoms with van der Waals surface area (Å²) < 4.78 is 0. The molecule has 0 bridgehead atoms. The van der Waals surface area contributed by atoms with Crippen LogP contribution >= 0.6 is 12.4 Å². The molecule has 0 aliphatic carbocycles. The maximum absolute atomic E-state index is 12.4. The van der Waals surface area contributed by atoms with Gasteiger partial charge in [0, 0.05) is 38.3 Å². The summed E-state index contributed by atoms with van der Waals surface area (Å²) in [7, 11) is 0. The number of nitrogens with zero attached hydrogens (tertiary/aromatic N) is 2. The number of piperidine rings is 1. The Morgan fingerprint density at radius 3 is 2.79 bits per heavy atom. The maximum Gasteiger partial charge on any atom is 0.236 e. The van der Waals surface area contributed by atoms with E-state index in [9.17, 15) is 4.79 Å². The van der Waals surface area contributed by atoms with Gasteiger partial charge in [-0.15, -0.1) is 12.4 Å². The highest BCUT2D eigenvalue weighted by molar-refractivity contribution is 5.85. The van der Waals surface area contributed by atoms with Crippen molar-refractivity contribution in [2.24, 2.45) is 0 Å². The second-order valence-electron chi connectivity index (χ2n) is 5.74. The zero-order valence-electron chi connectivity index (χ0n) is 12.2. The standard InChI is InChI=1S/C14H27N3O.ClH/c1-3-13-6-4-5-8-17(13)14(18)11-16-9-7-15-12(2)10-16;/h12-13,15H,3-11H2,1-2H3;1H. The van der Waals surface area contributed by atoms with Gasteiger partial charge in [-0.05, 0) is 32.6 Å². The molecular weight excluding hydrogens is 262 g/mol. The summed E-state index contributed by atoms with van der Waals surface area (Å²) in [5, 5.41) is 3.42. The lowest BCUT2D eigenvalue weighted by atomic mass is 10.00. The number of hydrogen-bond donors (Lipinski definition) is 1. The molecule has 4 nitrogen and oxygen atoms in total. The predicted molar refractivity (Wildman–Crippen MR) is 80.8 cm³/mol. The molecule has 0 radical (unpaired) electrons. The average molecular weight is 290 g/mol. The summed E-state index contributed by atoms with van der Waals surface area (Å²) in [5.74, 6) is 0.343. The molecule has 112 valence electrons. The molecule has 0 aromatic carbocycles. The van der Waals surface area contributed by atoms with E-state index in [1.54, 1.807) is 0 Å². The van der Waals surface area contributed by atoms with Crippen molar-refractivity contribution < 1.29 is 4.79 Å². The second-order valence-corrected chi connectivity index (χ2v) is 5.74. The van der Waals surface area contributed by atoms with Gasteiger partial charge in [0.25, 0.3) is 0 Å². The molecule has 2 aliphatic rings. The number of rotatable bonds is 3. The molecule has 1 N–H and O–H groups in total. The number of carbonyl (C=O) groups is 1. The van der Waals surface area contributed by atoms with Crippen LogP contribution in [0.25, 0.3) is 0 Å². The second kappa shape index (κ2) is 8.08. The highest BCUT2D eigenvalue weighted by Crippen LogP contribution is 2.19. The van der Waals surface area contributed by atoms with Crippen LogP contribution in [-0.4, -0.2) is 60.5 Å². The van der Waals surface area contributed by atoms with Crippen LogP contribution in [0, 0.1) is 0 Å². The fourth-order valence-corrected chi connectivity index (χ4v) is 3.19. The fourth-order valence-electron chi connectivity index (χ4n) is 3.19. The lowest BCUT2D eigenvalue weighted by molar-refractivity contribution is -0.136. The molecule has 2 unspecified atom stereocenters. The number of halogens is 1. The third-order valence-electron chi connectivity index (χ3n) is 4.23. The van der Waals surface area contributed by atoms with Gasteiger partial charge in [-0.1, -0.05) is 6.92 Å². The molecule has 2 atom stereocenters. The molecule has 2 fully saturated rings. The molecule has 0 aromatic rings. The van der Waals surface area contributed by atoms with E-state index < -0.39 is 0 Å². The van der Waals surface area contributed by atoms with E-state index >= 15 is 0 Å². The third-order valence-corrected chi connectivity index (χ3v) is 4.23. The van der Waals surface area contributed by atoms with E-state index in [4.69, 9.17) is 0 Å². The van der Waals surface area contributed by atoms with Crippen molar-refractivity contribution in [3.8, 4) is 0 Å². The van der Waals surface area contributed by atoms with Crippen LogP contribution in [0.1, 0.15) is 39.5 Å². The zero-order valence-corrected chi connectivity index (χ0v) is 13.0. The van der Waals surface area contributed by atoms with Crippen LogP contribution in [-0.2, 0) is 4.79 Å². The first kappa shape index (κ1) is 16.7. The van der Waals surface area contributed by atoms with Crippen LogP contribution in [0.15, 0.2) is 0 Å². The Balaban J connectivity index is 0.00000180. The van der Waals surface area contributed by atoms with Gasteiger partial charge in [-0.3, -0.25) is 9.69 Å². The normalized spacial score (nSPS) is 28.8. The smallest absolute Gasteiger partial charge is 0.236 e. The number of hydrogen-bond acceptors (Lipinski definition) is 3. The zero-order chi connectivity index (χ0) is 13.0. The Morgan fingerprint density at radius 2 is 2.11 bits per heavy atom. The highest BCUT2D eigenvalue weighted by atomic mass is 35.5. The largest absolute Gasteiger partial charge is 0.339 e. The first-order chi connectivity index (χ1) is 8.70. The van der Waals surface area contributed by atoms with Crippen LogP contribution in [0.4, 0.5) is 0 Å². The number of amides is 1. The number of nitrogens with one attached hydrogen (secondary N) is 1. The molecule has 1 amide bonds. The van der Waals surface area contributed by atoms with Gasteiger partial charge in [0.05, 0.1) is 6.54 Å². The number of likely N-dealkylation sites (tertiary alicyclic amines) is 1. The molecule has 2 rings (SSSR count). The summed E-state index contributed by atoms with van der Waals surface area (Å²) >= 11 is 0. The Morgan fingerprint density at radius 1 is 1.32 bits per heavy atom. The van der Waals surface area contributed by atoms with E-state index in [0.717, 1.165) is 32.6 Å². The Hall–Kier alpha value is -0.320. The summed E-state index contributed by atoms with van der Waals surface area (Å²) in [6.07, 6.45) is 4.76. The first-order valence-corrected chi connectivity index (χ1v) is 7.46. The van der Waals surface area contributed by atoms with E-state index in [0.29, 0.717) is 24.5 Å². The minimum Gasteiger partial charge on any atom is -0.339 e. The van der Waals surface area contributed by atoms with Gasteiger partial charge >= 0.3 is 0 Å². The summed E-state index contributed by atoms with van der Waals surface area (Å²) in [4.78, 5) is 16.8. The highest BCUT2D eigenvalue weighted by Gasteiger charge is 2.27. The summed E-state index contributed by atoms with van der Waals surface area (Å²) in [6, 6.07) is 1.00. The van der Waals surface area contributed by atoms with Crippen molar-refractivity contribution in [3.63, 3.8) is 0 Å². The number of piperazine rings is 1. The topological polar surface area (TPSA) is 35.6 Å². The third kappa shape index (κ3) is 4.62. The van der Waals surface area contributed by atoms with Crippen LogP contribution in [0.3, 0.4) is 0 Å². The molecule has 5 heteroatoms. The lowest BCUT2D eigenvalue weighted by Crippen LogP contribution is -2.54. The molecule has 2 saturated heterocycles. The molecule has 0 saturated carbocycles. The van der Waals surface area contributed by atoms with Crippen molar-refractivity contribution in [1.82, 2.24) is 15.1 Å². The van der Waals surface area contributed by atoms with Crippen LogP contribution in [0.2, 0.25) is 0 Å². The maximum atomic E-state index is 12.4. The lowest BCUT2D eigenvalue weighted by Gasteiger charge is -2.38. The van der Waals surface area contributed by atoms with Crippen molar-refractivity contribution in [2.45, 2.75) is 51.6 Å². The summed E-state index contributed by atoms with van der Waals surface area (Å²) in [6.45, 7) is 8.97. The molecule has 0 aromatic heterocycles. The van der Waals surface area contributed by atoms with Crippen molar-refractivity contribution in [3.05, 3.63) is 0 Å². The Kier molecular flexibility index (Phi) is 7.11. The van der Waals surface area contributed by atoms with Gasteiger partial charge in [0.1, 0.15) is 0 Å². The fraction of sp³-hybridized carbons (Fsp3) is 0.929. The quantitative estimate of drug-likeness (QED) is 0.855. The molecule has 0 spiro atoms. The van der Waals surface area contributed by atoms with Crippen molar-refractivity contribution in [2.75, 3.05) is 32.7 Å². The van der Waals surface area contributed by atoms with Gasteiger partial charge in [0.2, 0.25) is 5.91 Å². The Bertz CT molecular complexity index is 288. The van der Waals surface area contributed by atoms with Gasteiger partial charge in [-0.2, -0.15) is 0 Å². The molecule has 2 aliphatic heterocycles. The van der Waals surface area contributed by atoms with E-state index in [1.807, 2.05) is 0 Å². The predicted octanol–water partition coefficient (Wildman–Crippen LogP) is 1.49. The first-order valence-electron chi connectivity index (χ1n) is 7.46. The van der Waals surface area contributed by atoms with Gasteiger partial charge < -0.3 is 10.2 Å². The SMILES string of the molecule is CCC1CCCCN1C(=O)CN1CCNC(C)C1.Cl. The van der Waals surface area contributed by atoms with Gasteiger partial charge in [0.15, 0.2) is 0 Å². The molecule has 19 heavy (non-hydrogen) atoms. The minimum absolute atomic E-state index is 0.